The van der Waals surface area contributed by atoms with Crippen LogP contribution >= 0.6 is 0 Å². The summed E-state index contributed by atoms with van der Waals surface area (Å²) < 4.78 is 47.6. The molecular formula is C17H14F3NO4. The number of benzene rings is 2. The summed E-state index contributed by atoms with van der Waals surface area (Å²) in [6, 6.07) is 10.3. The zero-order valence-electron chi connectivity index (χ0n) is 13.1. The molecule has 132 valence electrons. The van der Waals surface area contributed by atoms with Crippen molar-refractivity contribution in [2.24, 2.45) is 0 Å². The van der Waals surface area contributed by atoms with Gasteiger partial charge in [-0.3, -0.25) is 4.79 Å². The number of esters is 1. The second kappa shape index (κ2) is 7.69. The average molecular weight is 353 g/mol. The van der Waals surface area contributed by atoms with Crippen molar-refractivity contribution in [1.29, 1.82) is 0 Å². The van der Waals surface area contributed by atoms with Crippen LogP contribution in [0.15, 0.2) is 48.5 Å². The van der Waals surface area contributed by atoms with Crippen LogP contribution in [0.5, 0.6) is 5.75 Å². The van der Waals surface area contributed by atoms with Gasteiger partial charge in [0.25, 0.3) is 5.91 Å². The zero-order chi connectivity index (χ0) is 18.4. The number of hydrogen-bond donors (Lipinski definition) is 1. The van der Waals surface area contributed by atoms with E-state index in [4.69, 9.17) is 9.47 Å². The van der Waals surface area contributed by atoms with Gasteiger partial charge < -0.3 is 14.8 Å². The van der Waals surface area contributed by atoms with E-state index in [2.05, 4.69) is 5.32 Å². The summed E-state index contributed by atoms with van der Waals surface area (Å²) in [6.45, 7) is -0.633. The molecule has 0 aliphatic carbocycles. The molecule has 1 N–H and O–H groups in total. The van der Waals surface area contributed by atoms with Crippen LogP contribution in [0, 0.1) is 0 Å². The Morgan fingerprint density at radius 1 is 1.08 bits per heavy atom. The minimum absolute atomic E-state index is 0.288. The molecule has 0 spiro atoms. The van der Waals surface area contributed by atoms with Crippen LogP contribution in [0.3, 0.4) is 0 Å². The quantitative estimate of drug-likeness (QED) is 0.836. The number of anilines is 1. The molecule has 1 amide bonds. The summed E-state index contributed by atoms with van der Waals surface area (Å²) in [6.07, 6.45) is -4.57. The number of amides is 1. The molecule has 0 saturated carbocycles. The van der Waals surface area contributed by atoms with Crippen LogP contribution in [0.4, 0.5) is 18.9 Å². The Hall–Kier alpha value is -3.03. The van der Waals surface area contributed by atoms with E-state index in [1.165, 1.54) is 13.2 Å². The smallest absolute Gasteiger partial charge is 0.416 e. The van der Waals surface area contributed by atoms with E-state index >= 15 is 0 Å². The molecule has 0 aromatic heterocycles. The second-order valence-electron chi connectivity index (χ2n) is 4.93. The van der Waals surface area contributed by atoms with Gasteiger partial charge in [0, 0.05) is 11.8 Å². The molecule has 2 aromatic rings. The molecule has 0 aliphatic rings. The van der Waals surface area contributed by atoms with Gasteiger partial charge in [-0.2, -0.15) is 13.2 Å². The van der Waals surface area contributed by atoms with Gasteiger partial charge in [0.15, 0.2) is 6.61 Å². The Morgan fingerprint density at radius 2 is 1.80 bits per heavy atom. The van der Waals surface area contributed by atoms with E-state index < -0.39 is 30.2 Å². The third kappa shape index (κ3) is 5.23. The lowest BCUT2D eigenvalue weighted by molar-refractivity contribution is -0.137. The van der Waals surface area contributed by atoms with Gasteiger partial charge in [-0.05, 0) is 30.3 Å². The number of halogens is 3. The highest BCUT2D eigenvalue weighted by Gasteiger charge is 2.31. The Morgan fingerprint density at radius 3 is 2.48 bits per heavy atom. The molecule has 0 bridgehead atoms. The van der Waals surface area contributed by atoms with Gasteiger partial charge in [0.1, 0.15) is 5.75 Å². The fourth-order valence-corrected chi connectivity index (χ4v) is 1.93. The van der Waals surface area contributed by atoms with Gasteiger partial charge in [-0.15, -0.1) is 0 Å². The predicted molar refractivity (Wildman–Crippen MR) is 83.4 cm³/mol. The monoisotopic (exact) mass is 353 g/mol. The van der Waals surface area contributed by atoms with Crippen molar-refractivity contribution in [2.45, 2.75) is 6.18 Å². The minimum Gasteiger partial charge on any atom is -0.497 e. The van der Waals surface area contributed by atoms with Crippen LogP contribution in [-0.4, -0.2) is 25.6 Å². The Kier molecular flexibility index (Phi) is 5.63. The maximum absolute atomic E-state index is 12.6. The molecule has 0 fully saturated rings. The first kappa shape index (κ1) is 18.3. The predicted octanol–water partition coefficient (Wildman–Crippen LogP) is 3.51. The van der Waals surface area contributed by atoms with Crippen molar-refractivity contribution in [3.05, 3.63) is 59.7 Å². The van der Waals surface area contributed by atoms with Gasteiger partial charge in [0.05, 0.1) is 18.2 Å². The number of rotatable bonds is 5. The van der Waals surface area contributed by atoms with Crippen LogP contribution in [0.2, 0.25) is 0 Å². The third-order valence-corrected chi connectivity index (χ3v) is 3.11. The van der Waals surface area contributed by atoms with E-state index in [1.54, 1.807) is 24.3 Å². The number of methoxy groups -OCH3 is 1. The van der Waals surface area contributed by atoms with E-state index in [9.17, 15) is 22.8 Å². The fraction of sp³-hybridized carbons (Fsp3) is 0.176. The minimum atomic E-state index is -4.57. The molecule has 2 rings (SSSR count). The summed E-state index contributed by atoms with van der Waals surface area (Å²) in [4.78, 5) is 23.6. The molecule has 0 unspecified atom stereocenters. The highest BCUT2D eigenvalue weighted by atomic mass is 19.4. The van der Waals surface area contributed by atoms with Crippen molar-refractivity contribution in [3.63, 3.8) is 0 Å². The lowest BCUT2D eigenvalue weighted by Crippen LogP contribution is -2.21. The summed E-state index contributed by atoms with van der Waals surface area (Å²) in [5, 5.41) is 2.48. The van der Waals surface area contributed by atoms with Gasteiger partial charge >= 0.3 is 12.1 Å². The van der Waals surface area contributed by atoms with Crippen molar-refractivity contribution in [3.8, 4) is 5.75 Å². The van der Waals surface area contributed by atoms with Crippen molar-refractivity contribution < 1.29 is 32.2 Å². The maximum Gasteiger partial charge on any atom is 0.416 e. The Bertz CT molecular complexity index is 774. The lowest BCUT2D eigenvalue weighted by Gasteiger charge is -2.09. The highest BCUT2D eigenvalue weighted by molar-refractivity contribution is 5.95. The van der Waals surface area contributed by atoms with Crippen molar-refractivity contribution in [1.82, 2.24) is 0 Å². The SMILES string of the molecule is COc1cccc(NC(=O)COC(=O)c2cccc(C(F)(F)F)c2)c1. The summed E-state index contributed by atoms with van der Waals surface area (Å²) >= 11 is 0. The van der Waals surface area contributed by atoms with Crippen molar-refractivity contribution in [2.75, 3.05) is 19.0 Å². The van der Waals surface area contributed by atoms with E-state index in [1.807, 2.05) is 0 Å². The fourth-order valence-electron chi connectivity index (χ4n) is 1.93. The topological polar surface area (TPSA) is 64.6 Å². The molecule has 5 nitrogen and oxygen atoms in total. The van der Waals surface area contributed by atoms with Crippen molar-refractivity contribution >= 4 is 17.6 Å². The highest BCUT2D eigenvalue weighted by Crippen LogP contribution is 2.29. The van der Waals surface area contributed by atoms with Gasteiger partial charge in [0.2, 0.25) is 0 Å². The van der Waals surface area contributed by atoms with E-state index in [-0.39, 0.29) is 5.56 Å². The molecule has 8 heteroatoms. The number of hydrogen-bond acceptors (Lipinski definition) is 4. The maximum atomic E-state index is 12.6. The summed E-state index contributed by atoms with van der Waals surface area (Å²) in [5.74, 6) is -1.13. The molecule has 2 aromatic carbocycles. The first-order valence-corrected chi connectivity index (χ1v) is 7.08. The molecular weight excluding hydrogens is 339 g/mol. The van der Waals surface area contributed by atoms with Gasteiger partial charge in [-0.25, -0.2) is 4.79 Å². The standard InChI is InChI=1S/C17H14F3NO4/c1-24-14-7-3-6-13(9-14)21-15(22)10-25-16(23)11-4-2-5-12(8-11)17(18,19)20/h2-9H,10H2,1H3,(H,21,22). The van der Waals surface area contributed by atoms with E-state index in [0.717, 1.165) is 12.1 Å². The van der Waals surface area contributed by atoms with Crippen LogP contribution in [0.1, 0.15) is 15.9 Å². The largest absolute Gasteiger partial charge is 0.497 e. The molecule has 0 aliphatic heterocycles. The molecule has 0 saturated heterocycles. The first-order chi connectivity index (χ1) is 11.8. The summed E-state index contributed by atoms with van der Waals surface area (Å²) in [7, 11) is 1.47. The van der Waals surface area contributed by atoms with Gasteiger partial charge in [-0.1, -0.05) is 12.1 Å². The average Bonchev–Trinajstić information content (AvgIpc) is 2.59. The number of carbonyl (C=O) groups is 2. The number of carbonyl (C=O) groups excluding carboxylic acids is 2. The normalized spacial score (nSPS) is 10.9. The zero-order valence-corrected chi connectivity index (χ0v) is 13.1. The molecule has 0 heterocycles. The number of nitrogens with one attached hydrogen (secondary N) is 1. The van der Waals surface area contributed by atoms with Crippen LogP contribution in [-0.2, 0) is 15.7 Å². The molecule has 0 atom stereocenters. The molecule has 0 radical (unpaired) electrons. The second-order valence-corrected chi connectivity index (χ2v) is 4.93. The summed E-state index contributed by atoms with van der Waals surface area (Å²) in [5.41, 5.74) is -0.828. The van der Waals surface area contributed by atoms with Crippen LogP contribution < -0.4 is 10.1 Å². The molecule has 25 heavy (non-hydrogen) atoms. The first-order valence-electron chi connectivity index (χ1n) is 7.08. The lowest BCUT2D eigenvalue weighted by atomic mass is 10.1. The number of ether oxygens (including phenoxy) is 2. The third-order valence-electron chi connectivity index (χ3n) is 3.11. The van der Waals surface area contributed by atoms with E-state index in [0.29, 0.717) is 17.5 Å². The Labute approximate surface area is 141 Å². The van der Waals surface area contributed by atoms with Crippen LogP contribution in [0.25, 0.3) is 0 Å². The Balaban J connectivity index is 1.94. The number of alkyl halides is 3.